The van der Waals surface area contributed by atoms with Crippen LogP contribution in [0.3, 0.4) is 0 Å². The second-order valence-corrected chi connectivity index (χ2v) is 11.8. The number of aromatic nitrogens is 2. The predicted octanol–water partition coefficient (Wildman–Crippen LogP) is 10.2. The van der Waals surface area contributed by atoms with E-state index in [1.54, 1.807) is 0 Å². The molecule has 0 saturated carbocycles. The van der Waals surface area contributed by atoms with Crippen LogP contribution in [0.25, 0.3) is 60.1 Å². The summed E-state index contributed by atoms with van der Waals surface area (Å²) in [5, 5.41) is 4.86. The number of hydrogen-bond acceptors (Lipinski definition) is 1. The first-order valence-corrected chi connectivity index (χ1v) is 13.4. The summed E-state index contributed by atoms with van der Waals surface area (Å²) in [5.74, 6) is 0. The second-order valence-electron chi connectivity index (χ2n) is 11.8. The quantitative estimate of drug-likeness (QED) is 0.152. The average molecular weight is 533 g/mol. The molecule has 3 heterocycles. The molecule has 0 aliphatic rings. The van der Waals surface area contributed by atoms with Crippen molar-refractivity contribution in [3.05, 3.63) is 108 Å². The fourth-order valence-corrected chi connectivity index (χ4v) is 5.91. The topological polar surface area (TPSA) is 17.3 Å². The van der Waals surface area contributed by atoms with Crippen LogP contribution in [0.1, 0.15) is 37.5 Å². The van der Waals surface area contributed by atoms with Gasteiger partial charge in [0.15, 0.2) is 0 Å². The van der Waals surface area contributed by atoms with Crippen molar-refractivity contribution < 1.29 is 13.2 Å². The Morgan fingerprint density at radius 2 is 1.38 bits per heavy atom. The lowest BCUT2D eigenvalue weighted by Crippen LogP contribution is -2.11. The number of pyridine rings is 2. The van der Waals surface area contributed by atoms with Crippen molar-refractivity contribution in [3.8, 4) is 11.1 Å². The number of benzene rings is 4. The number of fused-ring (bicyclic) bond motifs is 9. The van der Waals surface area contributed by atoms with Crippen LogP contribution in [-0.2, 0) is 11.6 Å². The molecule has 2 nitrogen and oxygen atoms in total. The van der Waals surface area contributed by atoms with E-state index in [-0.39, 0.29) is 5.41 Å². The molecule has 0 atom stereocenters. The molecule has 4 aromatic carbocycles. The van der Waals surface area contributed by atoms with Crippen molar-refractivity contribution in [2.24, 2.45) is 0 Å². The number of aryl methyl sites for hydroxylation is 1. The number of alkyl halides is 3. The van der Waals surface area contributed by atoms with Crippen LogP contribution in [0.2, 0.25) is 0 Å². The van der Waals surface area contributed by atoms with E-state index in [0.717, 1.165) is 60.9 Å². The third-order valence-electron chi connectivity index (χ3n) is 8.06. The van der Waals surface area contributed by atoms with Crippen molar-refractivity contribution in [2.45, 2.75) is 39.3 Å². The molecule has 0 bridgehead atoms. The highest BCUT2D eigenvalue weighted by Crippen LogP contribution is 2.39. The summed E-state index contributed by atoms with van der Waals surface area (Å²) in [6, 6.07) is 28.3. The highest BCUT2D eigenvalue weighted by molar-refractivity contribution is 6.18. The standard InChI is InChI=1S/C35H27F3N2/c1-20-13-25(34(2,3)4)11-12-27(20)23-9-10-24-17-31-28-14-21-7-5-6-8-22(21)15-29(28)33-32(40(31)30(24)16-23)18-26(19-39-33)35(36,37)38/h5-19H,1-4H3. The molecule has 198 valence electrons. The number of rotatable bonds is 1. The first kappa shape index (κ1) is 24.6. The Bertz CT molecular complexity index is 2140. The fraction of sp³-hybridized carbons (Fsp3) is 0.171. The zero-order valence-electron chi connectivity index (χ0n) is 22.7. The van der Waals surface area contributed by atoms with Crippen LogP contribution < -0.4 is 0 Å². The maximum Gasteiger partial charge on any atom is 0.417 e. The van der Waals surface area contributed by atoms with E-state index in [2.05, 4.69) is 87.3 Å². The third kappa shape index (κ3) is 3.75. The van der Waals surface area contributed by atoms with Crippen molar-refractivity contribution >= 4 is 49.0 Å². The van der Waals surface area contributed by atoms with Gasteiger partial charge in [-0.1, -0.05) is 75.4 Å². The van der Waals surface area contributed by atoms with Crippen LogP contribution in [-0.4, -0.2) is 9.38 Å². The molecule has 0 unspecified atom stereocenters. The maximum absolute atomic E-state index is 13.9. The Morgan fingerprint density at radius 1 is 0.650 bits per heavy atom. The normalized spacial score (nSPS) is 12.9. The number of halogens is 3. The summed E-state index contributed by atoms with van der Waals surface area (Å²) in [4.78, 5) is 4.41. The summed E-state index contributed by atoms with van der Waals surface area (Å²) in [6.45, 7) is 8.70. The Morgan fingerprint density at radius 3 is 2.05 bits per heavy atom. The van der Waals surface area contributed by atoms with Gasteiger partial charge in [0.2, 0.25) is 0 Å². The van der Waals surface area contributed by atoms with Crippen molar-refractivity contribution in [1.29, 1.82) is 0 Å². The molecule has 0 amide bonds. The van der Waals surface area contributed by atoms with Crippen molar-refractivity contribution in [3.63, 3.8) is 0 Å². The van der Waals surface area contributed by atoms with Crippen LogP contribution in [0.15, 0.2) is 91.1 Å². The largest absolute Gasteiger partial charge is 0.417 e. The van der Waals surface area contributed by atoms with Gasteiger partial charge in [0, 0.05) is 22.4 Å². The van der Waals surface area contributed by atoms with E-state index in [1.165, 1.54) is 11.6 Å². The van der Waals surface area contributed by atoms with Gasteiger partial charge in [-0.15, -0.1) is 0 Å². The van der Waals surface area contributed by atoms with Gasteiger partial charge < -0.3 is 4.40 Å². The molecule has 5 heteroatoms. The highest BCUT2D eigenvalue weighted by Gasteiger charge is 2.32. The van der Waals surface area contributed by atoms with E-state index in [1.807, 2.05) is 28.7 Å². The molecule has 0 fully saturated rings. The van der Waals surface area contributed by atoms with Crippen LogP contribution in [0, 0.1) is 6.92 Å². The van der Waals surface area contributed by atoms with E-state index < -0.39 is 11.7 Å². The molecular formula is C35H27F3N2. The maximum atomic E-state index is 13.9. The van der Waals surface area contributed by atoms with E-state index in [4.69, 9.17) is 0 Å². The SMILES string of the molecule is Cc1cc(C(C)(C)C)ccc1-c1ccc2cc3c4cc5ccccc5cc4c4ncc(C(F)(F)F)cc4n3c2c1. The lowest BCUT2D eigenvalue weighted by molar-refractivity contribution is -0.137. The van der Waals surface area contributed by atoms with E-state index in [0.29, 0.717) is 11.0 Å². The molecule has 0 saturated heterocycles. The van der Waals surface area contributed by atoms with Gasteiger partial charge in [-0.25, -0.2) is 0 Å². The monoisotopic (exact) mass is 532 g/mol. The van der Waals surface area contributed by atoms with Gasteiger partial charge in [-0.2, -0.15) is 13.2 Å². The summed E-state index contributed by atoms with van der Waals surface area (Å²) in [6.07, 6.45) is -3.55. The highest BCUT2D eigenvalue weighted by atomic mass is 19.4. The lowest BCUT2D eigenvalue weighted by atomic mass is 9.84. The van der Waals surface area contributed by atoms with Gasteiger partial charge in [0.25, 0.3) is 0 Å². The number of hydrogen-bond donors (Lipinski definition) is 0. The van der Waals surface area contributed by atoms with Crippen LogP contribution in [0.5, 0.6) is 0 Å². The van der Waals surface area contributed by atoms with Gasteiger partial charge in [0.1, 0.15) is 0 Å². The van der Waals surface area contributed by atoms with E-state index in [9.17, 15) is 13.2 Å². The van der Waals surface area contributed by atoms with Gasteiger partial charge in [0.05, 0.1) is 27.6 Å². The van der Waals surface area contributed by atoms with Crippen molar-refractivity contribution in [2.75, 3.05) is 0 Å². The molecular weight excluding hydrogens is 505 g/mol. The Labute approximate surface area is 229 Å². The minimum absolute atomic E-state index is 0.0400. The van der Waals surface area contributed by atoms with Crippen LogP contribution >= 0.6 is 0 Å². The average Bonchev–Trinajstić information content (AvgIpc) is 3.30. The Hall–Kier alpha value is -4.38. The third-order valence-corrected chi connectivity index (χ3v) is 8.06. The van der Waals surface area contributed by atoms with E-state index >= 15 is 0 Å². The Balaban J connectivity index is 1.59. The lowest BCUT2D eigenvalue weighted by Gasteiger charge is -2.20. The summed E-state index contributed by atoms with van der Waals surface area (Å²) < 4.78 is 43.6. The molecule has 0 aliphatic carbocycles. The zero-order valence-corrected chi connectivity index (χ0v) is 22.7. The van der Waals surface area contributed by atoms with Crippen molar-refractivity contribution in [1.82, 2.24) is 9.38 Å². The Kier molecular flexibility index (Phi) is 5.12. The van der Waals surface area contributed by atoms with Gasteiger partial charge >= 0.3 is 6.18 Å². The molecule has 0 radical (unpaired) electrons. The minimum Gasteiger partial charge on any atom is -0.307 e. The smallest absolute Gasteiger partial charge is 0.307 e. The summed E-state index contributed by atoms with van der Waals surface area (Å²) in [7, 11) is 0. The molecule has 3 aromatic heterocycles. The van der Waals surface area contributed by atoms with Gasteiger partial charge in [-0.3, -0.25) is 4.98 Å². The molecule has 40 heavy (non-hydrogen) atoms. The zero-order chi connectivity index (χ0) is 28.0. The molecule has 0 N–H and O–H groups in total. The summed E-state index contributed by atoms with van der Waals surface area (Å²) in [5.41, 5.74) is 6.55. The minimum atomic E-state index is -4.49. The van der Waals surface area contributed by atoms with Gasteiger partial charge in [-0.05, 0) is 75.7 Å². The molecule has 0 aliphatic heterocycles. The molecule has 7 rings (SSSR count). The predicted molar refractivity (Wildman–Crippen MR) is 159 cm³/mol. The first-order chi connectivity index (χ1) is 19.0. The first-order valence-electron chi connectivity index (χ1n) is 13.4. The second kappa shape index (κ2) is 8.31. The molecule has 0 spiro atoms. The molecule has 7 aromatic rings. The summed E-state index contributed by atoms with van der Waals surface area (Å²) >= 11 is 0. The van der Waals surface area contributed by atoms with Crippen LogP contribution in [0.4, 0.5) is 13.2 Å². The number of nitrogens with zero attached hydrogens (tertiary/aromatic N) is 2. The fourth-order valence-electron chi connectivity index (χ4n) is 5.91.